The highest BCUT2D eigenvalue weighted by Gasteiger charge is 1.98. The summed E-state index contributed by atoms with van der Waals surface area (Å²) in [6.07, 6.45) is 8.83. The molecule has 0 saturated carbocycles. The second-order valence-corrected chi connectivity index (χ2v) is 5.07. The summed E-state index contributed by atoms with van der Waals surface area (Å²) in [6.45, 7) is 2.14. The van der Waals surface area contributed by atoms with Crippen LogP contribution >= 0.6 is 0 Å². The molecule has 1 atom stereocenters. The van der Waals surface area contributed by atoms with Gasteiger partial charge in [-0.25, -0.2) is 0 Å². The molecular formula is C18H28O3. The molecule has 0 spiro atoms. The summed E-state index contributed by atoms with van der Waals surface area (Å²) in [5, 5.41) is 9.56. The fourth-order valence-corrected chi connectivity index (χ4v) is 1.82. The molecular weight excluding hydrogens is 264 g/mol. The monoisotopic (exact) mass is 292 g/mol. The lowest BCUT2D eigenvalue weighted by Gasteiger charge is -2.00. The molecule has 0 aliphatic heterocycles. The highest BCUT2D eigenvalue weighted by atomic mass is 16.5. The number of unbranched alkanes of at least 4 members (excludes halogenated alkanes) is 6. The molecule has 0 radical (unpaired) electrons. The van der Waals surface area contributed by atoms with Crippen LogP contribution < -0.4 is 0 Å². The van der Waals surface area contributed by atoms with Crippen LogP contribution in [0.2, 0.25) is 0 Å². The minimum Gasteiger partial charge on any atom is -0.469 e. The van der Waals surface area contributed by atoms with E-state index in [2.05, 4.69) is 35.3 Å². The van der Waals surface area contributed by atoms with E-state index in [-0.39, 0.29) is 5.97 Å². The Labute approximate surface area is 129 Å². The lowest BCUT2D eigenvalue weighted by molar-refractivity contribution is -0.140. The van der Waals surface area contributed by atoms with Crippen LogP contribution in [0.5, 0.6) is 0 Å². The molecule has 0 saturated heterocycles. The number of carbonyl (C=O) groups is 1. The van der Waals surface area contributed by atoms with Crippen molar-refractivity contribution in [2.24, 2.45) is 0 Å². The predicted molar refractivity (Wildman–Crippen MR) is 85.4 cm³/mol. The van der Waals surface area contributed by atoms with Crippen molar-refractivity contribution in [3.8, 4) is 23.7 Å². The van der Waals surface area contributed by atoms with E-state index in [4.69, 9.17) is 0 Å². The lowest BCUT2D eigenvalue weighted by Crippen LogP contribution is -2.01. The Morgan fingerprint density at radius 2 is 1.86 bits per heavy atom. The van der Waals surface area contributed by atoms with E-state index in [0.29, 0.717) is 6.42 Å². The second kappa shape index (κ2) is 14.9. The van der Waals surface area contributed by atoms with Crippen molar-refractivity contribution in [2.45, 2.75) is 77.2 Å². The number of hydrogen-bond donors (Lipinski definition) is 1. The fraction of sp³-hybridized carbons (Fsp3) is 0.722. The molecule has 0 aliphatic carbocycles. The average molecular weight is 292 g/mol. The maximum absolute atomic E-state index is 10.9. The molecule has 0 fully saturated rings. The Bertz CT molecular complexity index is 379. The van der Waals surface area contributed by atoms with Crippen LogP contribution in [0.1, 0.15) is 71.1 Å². The van der Waals surface area contributed by atoms with Gasteiger partial charge >= 0.3 is 5.97 Å². The van der Waals surface area contributed by atoms with Crippen LogP contribution in [-0.4, -0.2) is 24.3 Å². The molecule has 0 unspecified atom stereocenters. The van der Waals surface area contributed by atoms with E-state index >= 15 is 0 Å². The molecule has 3 heteroatoms. The third-order valence-electron chi connectivity index (χ3n) is 3.13. The van der Waals surface area contributed by atoms with Gasteiger partial charge in [0, 0.05) is 12.8 Å². The third kappa shape index (κ3) is 14.8. The van der Waals surface area contributed by atoms with E-state index in [1.54, 1.807) is 0 Å². The molecule has 0 bridgehead atoms. The van der Waals surface area contributed by atoms with Crippen LogP contribution in [0.3, 0.4) is 0 Å². The van der Waals surface area contributed by atoms with Crippen molar-refractivity contribution in [1.29, 1.82) is 0 Å². The molecule has 0 heterocycles. The minimum absolute atomic E-state index is 0.137. The van der Waals surface area contributed by atoms with Crippen molar-refractivity contribution < 1.29 is 14.6 Å². The van der Waals surface area contributed by atoms with Gasteiger partial charge in [0.15, 0.2) is 0 Å². The molecule has 1 N–H and O–H groups in total. The summed E-state index contributed by atoms with van der Waals surface area (Å²) in [6, 6.07) is 0. The van der Waals surface area contributed by atoms with Gasteiger partial charge in [-0.2, -0.15) is 0 Å². The minimum atomic E-state index is -0.538. The Morgan fingerprint density at radius 3 is 2.57 bits per heavy atom. The molecule has 0 aromatic rings. The molecule has 3 nitrogen and oxygen atoms in total. The standard InChI is InChI=1S/C18H28O3/c1-3-4-11-14-17(19)15-12-9-7-5-6-8-10-13-16-18(20)21-2/h17,19H,3-6,8,10-11,13-14,16H2,1-2H3/t17-/m1/s1. The number of aliphatic hydroxyl groups is 1. The smallest absolute Gasteiger partial charge is 0.305 e. The molecule has 21 heavy (non-hydrogen) atoms. The highest BCUT2D eigenvalue weighted by molar-refractivity contribution is 5.68. The first-order valence-corrected chi connectivity index (χ1v) is 7.94. The van der Waals surface area contributed by atoms with Crippen molar-refractivity contribution in [3.05, 3.63) is 0 Å². The summed E-state index contributed by atoms with van der Waals surface area (Å²) in [5.41, 5.74) is 0. The molecule has 118 valence electrons. The zero-order chi connectivity index (χ0) is 15.8. The molecule has 0 aromatic carbocycles. The number of ether oxygens (including phenoxy) is 1. The van der Waals surface area contributed by atoms with Gasteiger partial charge in [-0.3, -0.25) is 4.79 Å². The molecule has 0 amide bonds. The van der Waals surface area contributed by atoms with Gasteiger partial charge in [0.05, 0.1) is 7.11 Å². The topological polar surface area (TPSA) is 46.5 Å². The first-order chi connectivity index (χ1) is 10.2. The van der Waals surface area contributed by atoms with Crippen molar-refractivity contribution in [2.75, 3.05) is 7.11 Å². The maximum Gasteiger partial charge on any atom is 0.305 e. The number of hydrogen-bond acceptors (Lipinski definition) is 3. The number of aliphatic hydroxyl groups excluding tert-OH is 1. The Kier molecular flexibility index (Phi) is 13.9. The molecule has 0 aromatic heterocycles. The third-order valence-corrected chi connectivity index (χ3v) is 3.13. The van der Waals surface area contributed by atoms with Crippen LogP contribution in [0.4, 0.5) is 0 Å². The molecule has 0 rings (SSSR count). The lowest BCUT2D eigenvalue weighted by atomic mass is 10.1. The Morgan fingerprint density at radius 1 is 1.10 bits per heavy atom. The SMILES string of the molecule is CCCCC[C@@H](O)C#CC#CCCCCCCC(=O)OC. The van der Waals surface area contributed by atoms with Gasteiger partial charge in [0.2, 0.25) is 0 Å². The number of esters is 1. The predicted octanol–water partition coefficient (Wildman–Crippen LogP) is 3.45. The zero-order valence-electron chi connectivity index (χ0n) is 13.4. The normalized spacial score (nSPS) is 10.8. The van der Waals surface area contributed by atoms with Gasteiger partial charge in [-0.15, -0.1) is 0 Å². The van der Waals surface area contributed by atoms with Gasteiger partial charge in [-0.1, -0.05) is 44.4 Å². The Balaban J connectivity index is 3.51. The number of carbonyl (C=O) groups excluding carboxylic acids is 1. The zero-order valence-corrected chi connectivity index (χ0v) is 13.4. The van der Waals surface area contributed by atoms with E-state index in [1.165, 1.54) is 7.11 Å². The fourth-order valence-electron chi connectivity index (χ4n) is 1.82. The summed E-state index contributed by atoms with van der Waals surface area (Å²) in [5.74, 6) is 11.1. The van der Waals surface area contributed by atoms with Gasteiger partial charge in [0.1, 0.15) is 6.10 Å². The Hall–Kier alpha value is -1.45. The highest BCUT2D eigenvalue weighted by Crippen LogP contribution is 2.05. The summed E-state index contributed by atoms with van der Waals surface area (Å²) >= 11 is 0. The first kappa shape index (κ1) is 19.6. The van der Waals surface area contributed by atoms with Gasteiger partial charge in [0.25, 0.3) is 0 Å². The van der Waals surface area contributed by atoms with E-state index in [0.717, 1.165) is 57.8 Å². The first-order valence-electron chi connectivity index (χ1n) is 7.94. The van der Waals surface area contributed by atoms with Crippen LogP contribution in [0.15, 0.2) is 0 Å². The van der Waals surface area contributed by atoms with Crippen molar-refractivity contribution >= 4 is 5.97 Å². The largest absolute Gasteiger partial charge is 0.469 e. The second-order valence-electron chi connectivity index (χ2n) is 5.07. The van der Waals surface area contributed by atoms with Crippen LogP contribution in [-0.2, 0) is 9.53 Å². The number of methoxy groups -OCH3 is 1. The van der Waals surface area contributed by atoms with E-state index in [9.17, 15) is 9.90 Å². The van der Waals surface area contributed by atoms with Crippen molar-refractivity contribution in [1.82, 2.24) is 0 Å². The quantitative estimate of drug-likeness (QED) is 0.381. The van der Waals surface area contributed by atoms with Gasteiger partial charge < -0.3 is 9.84 Å². The van der Waals surface area contributed by atoms with Crippen LogP contribution in [0.25, 0.3) is 0 Å². The summed E-state index contributed by atoms with van der Waals surface area (Å²) in [4.78, 5) is 10.9. The summed E-state index contributed by atoms with van der Waals surface area (Å²) < 4.78 is 4.58. The molecule has 0 aliphatic rings. The van der Waals surface area contributed by atoms with E-state index < -0.39 is 6.10 Å². The van der Waals surface area contributed by atoms with Crippen molar-refractivity contribution in [3.63, 3.8) is 0 Å². The van der Waals surface area contributed by atoms with Gasteiger partial charge in [-0.05, 0) is 37.5 Å². The summed E-state index contributed by atoms with van der Waals surface area (Å²) in [7, 11) is 1.42. The van der Waals surface area contributed by atoms with E-state index in [1.807, 2.05) is 0 Å². The van der Waals surface area contributed by atoms with Crippen LogP contribution in [0, 0.1) is 23.7 Å². The average Bonchev–Trinajstić information content (AvgIpc) is 2.49. The maximum atomic E-state index is 10.9. The number of rotatable bonds is 10.